The summed E-state index contributed by atoms with van der Waals surface area (Å²) in [6.07, 6.45) is 3.77. The van der Waals surface area contributed by atoms with Gasteiger partial charge in [0.15, 0.2) is 5.11 Å². The van der Waals surface area contributed by atoms with Crippen molar-refractivity contribution in [3.05, 3.63) is 46.7 Å². The summed E-state index contributed by atoms with van der Waals surface area (Å²) in [4.78, 5) is 0. The minimum absolute atomic E-state index is 0.598. The average Bonchev–Trinajstić information content (AvgIpc) is 2.76. The Balaban J connectivity index is 1.83. The molecule has 0 aliphatic heterocycles. The first-order valence-corrected chi connectivity index (χ1v) is 6.61. The van der Waals surface area contributed by atoms with Gasteiger partial charge in [0.25, 0.3) is 0 Å². The van der Waals surface area contributed by atoms with Crippen LogP contribution in [0.1, 0.15) is 5.56 Å². The van der Waals surface area contributed by atoms with Crippen LogP contribution in [0.3, 0.4) is 0 Å². The number of halogens is 1. The Morgan fingerprint density at radius 2 is 2.11 bits per heavy atom. The van der Waals surface area contributed by atoms with Crippen LogP contribution in [0.4, 0.5) is 5.69 Å². The lowest BCUT2D eigenvalue weighted by Gasteiger charge is -2.09. The largest absolute Gasteiger partial charge is 0.358 e. The topological polar surface area (TPSA) is 41.9 Å². The SMILES string of the molecule is Cn1cc(CNC(=S)Nc2ccc(Br)cc2)cn1. The van der Waals surface area contributed by atoms with E-state index in [1.54, 1.807) is 4.68 Å². The van der Waals surface area contributed by atoms with Crippen LogP contribution in [0.2, 0.25) is 0 Å². The molecule has 0 amide bonds. The van der Waals surface area contributed by atoms with E-state index >= 15 is 0 Å². The maximum atomic E-state index is 5.21. The smallest absolute Gasteiger partial charge is 0.171 e. The average molecular weight is 325 g/mol. The first kappa shape index (κ1) is 13.0. The van der Waals surface area contributed by atoms with Crippen LogP contribution < -0.4 is 10.6 Å². The number of nitrogens with zero attached hydrogens (tertiary/aromatic N) is 2. The van der Waals surface area contributed by atoms with E-state index in [-0.39, 0.29) is 0 Å². The first-order chi connectivity index (χ1) is 8.63. The highest BCUT2D eigenvalue weighted by atomic mass is 79.9. The number of hydrogen-bond acceptors (Lipinski definition) is 2. The summed E-state index contributed by atoms with van der Waals surface area (Å²) in [7, 11) is 1.89. The van der Waals surface area contributed by atoms with Crippen LogP contribution in [0, 0.1) is 0 Å². The molecular formula is C12H13BrN4S. The monoisotopic (exact) mass is 324 g/mol. The molecule has 2 aromatic rings. The van der Waals surface area contributed by atoms with Crippen LogP contribution in [0.5, 0.6) is 0 Å². The lowest BCUT2D eigenvalue weighted by molar-refractivity contribution is 0.766. The Kier molecular flexibility index (Phi) is 4.33. The molecule has 1 aromatic heterocycles. The normalized spacial score (nSPS) is 10.1. The van der Waals surface area contributed by atoms with Gasteiger partial charge >= 0.3 is 0 Å². The maximum absolute atomic E-state index is 5.21. The van der Waals surface area contributed by atoms with E-state index in [1.165, 1.54) is 0 Å². The number of anilines is 1. The van der Waals surface area contributed by atoms with E-state index in [9.17, 15) is 0 Å². The van der Waals surface area contributed by atoms with Crippen molar-refractivity contribution in [2.75, 3.05) is 5.32 Å². The standard InChI is InChI=1S/C12H13BrN4S/c1-17-8-9(7-15-17)6-14-12(18)16-11-4-2-10(13)3-5-11/h2-5,7-8H,6H2,1H3,(H2,14,16,18). The van der Waals surface area contributed by atoms with Crippen molar-refractivity contribution in [2.24, 2.45) is 7.05 Å². The van der Waals surface area contributed by atoms with Gasteiger partial charge in [-0.05, 0) is 36.5 Å². The van der Waals surface area contributed by atoms with E-state index in [2.05, 4.69) is 31.7 Å². The molecule has 0 saturated heterocycles. The van der Waals surface area contributed by atoms with Crippen LogP contribution in [-0.2, 0) is 13.6 Å². The van der Waals surface area contributed by atoms with Gasteiger partial charge < -0.3 is 10.6 Å². The predicted octanol–water partition coefficient (Wildman–Crippen LogP) is 2.67. The Labute approximate surface area is 120 Å². The summed E-state index contributed by atoms with van der Waals surface area (Å²) >= 11 is 8.60. The van der Waals surface area contributed by atoms with Crippen molar-refractivity contribution in [2.45, 2.75) is 6.54 Å². The van der Waals surface area contributed by atoms with Gasteiger partial charge in [-0.1, -0.05) is 15.9 Å². The molecule has 0 atom stereocenters. The Bertz CT molecular complexity index is 535. The molecule has 94 valence electrons. The van der Waals surface area contributed by atoms with Crippen molar-refractivity contribution in [3.8, 4) is 0 Å². The zero-order valence-corrected chi connectivity index (χ0v) is 12.3. The minimum atomic E-state index is 0.598. The van der Waals surface area contributed by atoms with Gasteiger partial charge in [-0.3, -0.25) is 4.68 Å². The molecule has 0 aliphatic rings. The molecule has 0 radical (unpaired) electrons. The fourth-order valence-electron chi connectivity index (χ4n) is 1.45. The van der Waals surface area contributed by atoms with Crippen molar-refractivity contribution < 1.29 is 0 Å². The van der Waals surface area contributed by atoms with Gasteiger partial charge in [-0.15, -0.1) is 0 Å². The predicted molar refractivity (Wildman–Crippen MR) is 80.4 cm³/mol. The summed E-state index contributed by atoms with van der Waals surface area (Å²) in [6.45, 7) is 0.663. The molecule has 2 rings (SSSR count). The molecule has 0 fully saturated rings. The summed E-state index contributed by atoms with van der Waals surface area (Å²) < 4.78 is 2.81. The molecule has 18 heavy (non-hydrogen) atoms. The van der Waals surface area contributed by atoms with E-state index < -0.39 is 0 Å². The van der Waals surface area contributed by atoms with Gasteiger partial charge in [0.2, 0.25) is 0 Å². The fraction of sp³-hybridized carbons (Fsp3) is 0.167. The fourth-order valence-corrected chi connectivity index (χ4v) is 1.91. The summed E-state index contributed by atoms with van der Waals surface area (Å²) in [5.74, 6) is 0. The zero-order valence-electron chi connectivity index (χ0n) is 9.85. The number of nitrogens with one attached hydrogen (secondary N) is 2. The second-order valence-corrected chi connectivity index (χ2v) is 5.16. The molecule has 0 saturated carbocycles. The van der Waals surface area contributed by atoms with Crippen LogP contribution in [-0.4, -0.2) is 14.9 Å². The third kappa shape index (κ3) is 3.82. The number of aryl methyl sites for hydroxylation is 1. The molecular weight excluding hydrogens is 312 g/mol. The van der Waals surface area contributed by atoms with Crippen molar-refractivity contribution in [1.29, 1.82) is 0 Å². The van der Waals surface area contributed by atoms with E-state index in [0.717, 1.165) is 15.7 Å². The summed E-state index contributed by atoms with van der Waals surface area (Å²) in [5.41, 5.74) is 2.05. The highest BCUT2D eigenvalue weighted by molar-refractivity contribution is 9.10. The van der Waals surface area contributed by atoms with Crippen LogP contribution in [0.15, 0.2) is 41.1 Å². The van der Waals surface area contributed by atoms with Gasteiger partial charge in [0.1, 0.15) is 0 Å². The van der Waals surface area contributed by atoms with E-state index in [0.29, 0.717) is 11.7 Å². The highest BCUT2D eigenvalue weighted by Crippen LogP contribution is 2.13. The molecule has 6 heteroatoms. The second-order valence-electron chi connectivity index (χ2n) is 3.84. The Hall–Kier alpha value is -1.40. The van der Waals surface area contributed by atoms with E-state index in [4.69, 9.17) is 12.2 Å². The molecule has 1 heterocycles. The lowest BCUT2D eigenvalue weighted by atomic mass is 10.3. The third-order valence-electron chi connectivity index (χ3n) is 2.31. The summed E-state index contributed by atoms with van der Waals surface area (Å²) in [6, 6.07) is 7.85. The maximum Gasteiger partial charge on any atom is 0.171 e. The van der Waals surface area contributed by atoms with Crippen molar-refractivity contribution in [3.63, 3.8) is 0 Å². The number of thiocarbonyl (C=S) groups is 1. The van der Waals surface area contributed by atoms with Crippen LogP contribution >= 0.6 is 28.1 Å². The number of rotatable bonds is 3. The molecule has 0 spiro atoms. The minimum Gasteiger partial charge on any atom is -0.358 e. The van der Waals surface area contributed by atoms with Gasteiger partial charge in [-0.25, -0.2) is 0 Å². The van der Waals surface area contributed by atoms with Gasteiger partial charge in [0.05, 0.1) is 6.20 Å². The molecule has 0 aliphatic carbocycles. The Morgan fingerprint density at radius 3 is 2.72 bits per heavy atom. The Morgan fingerprint density at radius 1 is 1.39 bits per heavy atom. The number of benzene rings is 1. The highest BCUT2D eigenvalue weighted by Gasteiger charge is 1.99. The molecule has 0 unspecified atom stereocenters. The molecule has 1 aromatic carbocycles. The van der Waals surface area contributed by atoms with Crippen LogP contribution in [0.25, 0.3) is 0 Å². The number of aromatic nitrogens is 2. The first-order valence-electron chi connectivity index (χ1n) is 5.41. The number of hydrogen-bond donors (Lipinski definition) is 2. The molecule has 4 nitrogen and oxygen atoms in total. The third-order valence-corrected chi connectivity index (χ3v) is 3.09. The van der Waals surface area contributed by atoms with Crippen molar-refractivity contribution in [1.82, 2.24) is 15.1 Å². The van der Waals surface area contributed by atoms with Gasteiger partial charge in [-0.2, -0.15) is 5.10 Å². The van der Waals surface area contributed by atoms with Gasteiger partial charge in [0, 0.05) is 35.5 Å². The second kappa shape index (κ2) is 5.97. The molecule has 2 N–H and O–H groups in total. The zero-order chi connectivity index (χ0) is 13.0. The summed E-state index contributed by atoms with van der Waals surface area (Å²) in [5, 5.41) is 10.9. The quantitative estimate of drug-likeness (QED) is 0.852. The van der Waals surface area contributed by atoms with E-state index in [1.807, 2.05) is 43.7 Å². The van der Waals surface area contributed by atoms with Crippen molar-refractivity contribution >= 4 is 38.9 Å². The lowest BCUT2D eigenvalue weighted by Crippen LogP contribution is -2.27. The molecule has 0 bridgehead atoms.